The molecular formula is C24H31N7O2. The maximum Gasteiger partial charge on any atom is 0.216 e. The Balaban J connectivity index is 1.55. The Kier molecular flexibility index (Phi) is 5.82. The molecule has 0 bridgehead atoms. The number of rotatable bonds is 7. The second-order valence-corrected chi connectivity index (χ2v) is 8.67. The fourth-order valence-electron chi connectivity index (χ4n) is 4.52. The van der Waals surface area contributed by atoms with Crippen molar-refractivity contribution < 1.29 is 9.47 Å². The van der Waals surface area contributed by atoms with E-state index in [-0.39, 0.29) is 6.17 Å². The number of hydrogen-bond acceptors (Lipinski definition) is 8. The van der Waals surface area contributed by atoms with Crippen LogP contribution in [0.25, 0.3) is 11.0 Å². The number of fused-ring (bicyclic) bond motifs is 5. The molecule has 1 atom stereocenters. The monoisotopic (exact) mass is 449 g/mol. The number of nitrogens with zero attached hydrogens (tertiary/aromatic N) is 6. The molecule has 2 aromatic carbocycles. The summed E-state index contributed by atoms with van der Waals surface area (Å²) in [5.74, 6) is 3.23. The molecule has 3 heterocycles. The van der Waals surface area contributed by atoms with E-state index in [1.54, 1.807) is 14.2 Å². The molecule has 0 aliphatic carbocycles. The molecular weight excluding hydrogens is 418 g/mol. The second kappa shape index (κ2) is 8.92. The number of nitrogens with one attached hydrogen (secondary N) is 1. The van der Waals surface area contributed by atoms with E-state index in [2.05, 4.69) is 50.8 Å². The lowest BCUT2D eigenvalue weighted by Crippen LogP contribution is -2.57. The highest BCUT2D eigenvalue weighted by Gasteiger charge is 2.36. The van der Waals surface area contributed by atoms with Gasteiger partial charge in [-0.05, 0) is 51.3 Å². The van der Waals surface area contributed by atoms with Crippen LogP contribution >= 0.6 is 0 Å². The van der Waals surface area contributed by atoms with Gasteiger partial charge in [-0.15, -0.1) is 0 Å². The highest BCUT2D eigenvalue weighted by molar-refractivity contribution is 5.99. The lowest BCUT2D eigenvalue weighted by atomic mass is 10.1. The van der Waals surface area contributed by atoms with Crippen molar-refractivity contribution in [2.45, 2.75) is 12.6 Å². The topological polar surface area (TPSA) is 70.4 Å². The predicted molar refractivity (Wildman–Crippen MR) is 130 cm³/mol. The van der Waals surface area contributed by atoms with E-state index >= 15 is 0 Å². The summed E-state index contributed by atoms with van der Waals surface area (Å²) >= 11 is 0. The largest absolute Gasteiger partial charge is 0.497 e. The van der Waals surface area contributed by atoms with Gasteiger partial charge in [-0.25, -0.2) is 9.98 Å². The maximum atomic E-state index is 5.74. The lowest BCUT2D eigenvalue weighted by molar-refractivity contribution is 0.253. The zero-order chi connectivity index (χ0) is 22.9. The van der Waals surface area contributed by atoms with Gasteiger partial charge in [0.25, 0.3) is 0 Å². The molecule has 0 radical (unpaired) electrons. The minimum Gasteiger partial charge on any atom is -0.497 e. The molecule has 9 nitrogen and oxygen atoms in total. The average molecular weight is 450 g/mol. The van der Waals surface area contributed by atoms with Crippen LogP contribution in [0.5, 0.6) is 11.5 Å². The zero-order valence-corrected chi connectivity index (χ0v) is 19.7. The van der Waals surface area contributed by atoms with Gasteiger partial charge in [0.1, 0.15) is 17.7 Å². The summed E-state index contributed by atoms with van der Waals surface area (Å²) in [7, 11) is 7.56. The van der Waals surface area contributed by atoms with Gasteiger partial charge < -0.3 is 19.7 Å². The van der Waals surface area contributed by atoms with Crippen LogP contribution in [0.4, 0.5) is 5.95 Å². The molecule has 1 N–H and O–H groups in total. The normalized spacial score (nSPS) is 18.0. The number of ether oxygens (including phenoxy) is 2. The lowest BCUT2D eigenvalue weighted by Gasteiger charge is -2.42. The van der Waals surface area contributed by atoms with E-state index in [1.165, 1.54) is 0 Å². The fraction of sp³-hybridized carbons (Fsp3) is 0.417. The van der Waals surface area contributed by atoms with E-state index in [0.717, 1.165) is 66.2 Å². The summed E-state index contributed by atoms with van der Waals surface area (Å²) in [6.45, 7) is 3.46. The summed E-state index contributed by atoms with van der Waals surface area (Å²) in [5, 5.41) is 3.66. The third-order valence-electron chi connectivity index (χ3n) is 6.18. The number of benzene rings is 2. The first-order valence-corrected chi connectivity index (χ1v) is 11.2. The van der Waals surface area contributed by atoms with Gasteiger partial charge in [0.05, 0.1) is 38.6 Å². The molecule has 2 aliphatic heterocycles. The standard InChI is InChI=1S/C24H31N7O2/c1-28(2)12-7-13-29-15-25-23-27-22(18-11-10-17(32-3)14-21(18)33-4)31-20-9-6-5-8-19(20)26-24(31)30(23)16-29/h5-6,8-11,14,22H,7,12-13,15-16H2,1-4H3,(H,25,27)/t22-/m1/s1. The Morgan fingerprint density at radius 1 is 1.12 bits per heavy atom. The van der Waals surface area contributed by atoms with Gasteiger partial charge in [0.15, 0.2) is 0 Å². The minimum atomic E-state index is -0.205. The van der Waals surface area contributed by atoms with Gasteiger partial charge >= 0.3 is 0 Å². The molecule has 33 heavy (non-hydrogen) atoms. The van der Waals surface area contributed by atoms with Gasteiger partial charge in [-0.3, -0.25) is 14.4 Å². The maximum absolute atomic E-state index is 5.74. The summed E-state index contributed by atoms with van der Waals surface area (Å²) in [6.07, 6.45) is 0.893. The van der Waals surface area contributed by atoms with E-state index < -0.39 is 0 Å². The summed E-state index contributed by atoms with van der Waals surface area (Å²) < 4.78 is 13.4. The highest BCUT2D eigenvalue weighted by atomic mass is 16.5. The quantitative estimate of drug-likeness (QED) is 0.594. The van der Waals surface area contributed by atoms with E-state index in [1.807, 2.05) is 30.3 Å². The van der Waals surface area contributed by atoms with E-state index in [4.69, 9.17) is 19.5 Å². The molecule has 5 rings (SSSR count). The molecule has 3 aromatic rings. The Hall–Kier alpha value is -3.30. The van der Waals surface area contributed by atoms with E-state index in [0.29, 0.717) is 6.67 Å². The SMILES string of the molecule is COc1ccc([C@@H]2NC3=NCN(CCCN(C)C)CN3c3nc4ccccc4n32)c(OC)c1. The second-order valence-electron chi connectivity index (χ2n) is 8.67. The van der Waals surface area contributed by atoms with Crippen LogP contribution in [0.2, 0.25) is 0 Å². The Bertz CT molecular complexity index is 1170. The predicted octanol–water partition coefficient (Wildman–Crippen LogP) is 2.55. The number of aromatic nitrogens is 2. The first-order valence-electron chi connectivity index (χ1n) is 11.2. The van der Waals surface area contributed by atoms with Crippen LogP contribution in [-0.4, -0.2) is 80.1 Å². The Morgan fingerprint density at radius 2 is 1.97 bits per heavy atom. The number of anilines is 1. The van der Waals surface area contributed by atoms with Crippen LogP contribution in [0.1, 0.15) is 18.2 Å². The Morgan fingerprint density at radius 3 is 2.76 bits per heavy atom. The number of methoxy groups -OCH3 is 2. The number of imidazole rings is 1. The van der Waals surface area contributed by atoms with Crippen LogP contribution in [0.15, 0.2) is 47.5 Å². The number of guanidine groups is 1. The first-order chi connectivity index (χ1) is 16.1. The van der Waals surface area contributed by atoms with Crippen molar-refractivity contribution >= 4 is 22.9 Å². The smallest absolute Gasteiger partial charge is 0.216 e. The van der Waals surface area contributed by atoms with Crippen LogP contribution < -0.4 is 19.7 Å². The highest BCUT2D eigenvalue weighted by Crippen LogP contribution is 2.38. The third kappa shape index (κ3) is 3.98. The molecule has 0 unspecified atom stereocenters. The first kappa shape index (κ1) is 21.5. The third-order valence-corrected chi connectivity index (χ3v) is 6.18. The molecule has 9 heteroatoms. The average Bonchev–Trinajstić information content (AvgIpc) is 3.23. The van der Waals surface area contributed by atoms with Crippen molar-refractivity contribution in [2.24, 2.45) is 4.99 Å². The Labute approximate surface area is 194 Å². The van der Waals surface area contributed by atoms with Crippen LogP contribution in [0.3, 0.4) is 0 Å². The summed E-state index contributed by atoms with van der Waals surface area (Å²) in [5.41, 5.74) is 3.02. The molecule has 0 saturated carbocycles. The van der Waals surface area contributed by atoms with Crippen molar-refractivity contribution in [2.75, 3.05) is 59.6 Å². The van der Waals surface area contributed by atoms with E-state index in [9.17, 15) is 0 Å². The molecule has 0 amide bonds. The zero-order valence-electron chi connectivity index (χ0n) is 19.7. The molecule has 1 aromatic heterocycles. The van der Waals surface area contributed by atoms with Gasteiger partial charge in [-0.2, -0.15) is 0 Å². The summed E-state index contributed by atoms with van der Waals surface area (Å²) in [4.78, 5) is 16.6. The molecule has 0 spiro atoms. The number of hydrogen-bond donors (Lipinski definition) is 1. The van der Waals surface area contributed by atoms with Gasteiger partial charge in [0, 0.05) is 18.2 Å². The van der Waals surface area contributed by atoms with Gasteiger partial charge in [-0.1, -0.05) is 12.1 Å². The van der Waals surface area contributed by atoms with Crippen molar-refractivity contribution in [3.63, 3.8) is 0 Å². The van der Waals surface area contributed by atoms with Crippen LogP contribution in [-0.2, 0) is 0 Å². The minimum absolute atomic E-state index is 0.205. The van der Waals surface area contributed by atoms with Crippen molar-refractivity contribution in [3.8, 4) is 11.5 Å². The molecule has 174 valence electrons. The van der Waals surface area contributed by atoms with Crippen molar-refractivity contribution in [3.05, 3.63) is 48.0 Å². The number of aliphatic imine (C=N–C) groups is 1. The van der Waals surface area contributed by atoms with Crippen molar-refractivity contribution in [1.82, 2.24) is 24.7 Å². The number of para-hydroxylation sites is 2. The van der Waals surface area contributed by atoms with Gasteiger partial charge in [0.2, 0.25) is 11.9 Å². The van der Waals surface area contributed by atoms with Crippen LogP contribution in [0, 0.1) is 0 Å². The fourth-order valence-corrected chi connectivity index (χ4v) is 4.52. The molecule has 2 aliphatic rings. The van der Waals surface area contributed by atoms with Crippen molar-refractivity contribution in [1.29, 1.82) is 0 Å². The molecule has 0 saturated heterocycles. The summed E-state index contributed by atoms with van der Waals surface area (Å²) in [6, 6.07) is 14.1. The molecule has 0 fully saturated rings.